The number of carbonyl (C=O) groups is 1. The van der Waals surface area contributed by atoms with E-state index in [9.17, 15) is 4.79 Å². The van der Waals surface area contributed by atoms with Crippen molar-refractivity contribution < 1.29 is 4.79 Å². The van der Waals surface area contributed by atoms with Crippen LogP contribution in [0.15, 0.2) is 58.4 Å². The summed E-state index contributed by atoms with van der Waals surface area (Å²) >= 11 is 3.03. The number of thioether (sulfide) groups is 1. The number of hydrazone groups is 1. The van der Waals surface area contributed by atoms with Gasteiger partial charge in [0.05, 0.1) is 22.4 Å². The molecule has 0 N–H and O–H groups in total. The molecule has 0 spiro atoms. The van der Waals surface area contributed by atoms with E-state index < -0.39 is 0 Å². The van der Waals surface area contributed by atoms with E-state index in [1.54, 1.807) is 27.2 Å². The Balaban J connectivity index is 1.57. The molecule has 3 aromatic rings. The van der Waals surface area contributed by atoms with Gasteiger partial charge in [0.15, 0.2) is 5.16 Å². The summed E-state index contributed by atoms with van der Waals surface area (Å²) in [6.45, 7) is 2.06. The second kappa shape index (κ2) is 7.66. The van der Waals surface area contributed by atoms with Gasteiger partial charge in [0.2, 0.25) is 0 Å². The maximum absolute atomic E-state index is 13.0. The molecule has 4 rings (SSSR count). The SMILES string of the molecule is Cc1ccc([C@@H]2CC(c3cccs3)=NN2C(=O)CSc2nncn2C)cc1. The first-order chi connectivity index (χ1) is 13.1. The number of amides is 1. The molecule has 138 valence electrons. The highest BCUT2D eigenvalue weighted by atomic mass is 32.2. The molecule has 3 heterocycles. The largest absolute Gasteiger partial charge is 0.312 e. The summed E-state index contributed by atoms with van der Waals surface area (Å²) in [6, 6.07) is 12.3. The third-order valence-electron chi connectivity index (χ3n) is 4.43. The third-order valence-corrected chi connectivity index (χ3v) is 6.37. The highest BCUT2D eigenvalue weighted by Crippen LogP contribution is 2.34. The standard InChI is InChI=1S/C19H19N5OS2/c1-13-5-7-14(8-6-13)16-10-15(17-4-3-9-26-17)22-24(16)18(25)11-27-19-21-20-12-23(19)2/h3-9,12,16H,10-11H2,1-2H3/t16-/m0/s1. The average Bonchev–Trinajstić information content (AvgIpc) is 3.41. The Bertz CT molecular complexity index is 962. The van der Waals surface area contributed by atoms with Gasteiger partial charge in [-0.2, -0.15) is 5.10 Å². The Labute approximate surface area is 165 Å². The molecule has 1 amide bonds. The third kappa shape index (κ3) is 3.81. The smallest absolute Gasteiger partial charge is 0.253 e. The van der Waals surface area contributed by atoms with Gasteiger partial charge in [-0.25, -0.2) is 5.01 Å². The van der Waals surface area contributed by atoms with Crippen molar-refractivity contribution in [2.24, 2.45) is 12.1 Å². The van der Waals surface area contributed by atoms with Gasteiger partial charge in [0.1, 0.15) is 6.33 Å². The lowest BCUT2D eigenvalue weighted by Crippen LogP contribution is -2.28. The number of benzene rings is 1. The minimum atomic E-state index is -0.0738. The highest BCUT2D eigenvalue weighted by Gasteiger charge is 2.33. The Kier molecular flexibility index (Phi) is 5.09. The molecule has 1 aromatic carbocycles. The van der Waals surface area contributed by atoms with E-state index in [1.165, 1.54) is 17.3 Å². The van der Waals surface area contributed by atoms with E-state index in [0.29, 0.717) is 0 Å². The molecule has 0 saturated carbocycles. The Morgan fingerprint density at radius 3 is 2.78 bits per heavy atom. The van der Waals surface area contributed by atoms with Gasteiger partial charge in [0.25, 0.3) is 5.91 Å². The fraction of sp³-hybridized carbons (Fsp3) is 0.263. The van der Waals surface area contributed by atoms with Crippen molar-refractivity contribution >= 4 is 34.7 Å². The van der Waals surface area contributed by atoms with E-state index in [1.807, 2.05) is 18.5 Å². The van der Waals surface area contributed by atoms with Gasteiger partial charge in [0, 0.05) is 13.5 Å². The Morgan fingerprint density at radius 2 is 2.11 bits per heavy atom. The highest BCUT2D eigenvalue weighted by molar-refractivity contribution is 7.99. The summed E-state index contributed by atoms with van der Waals surface area (Å²) in [5.74, 6) is 0.246. The van der Waals surface area contributed by atoms with E-state index in [-0.39, 0.29) is 17.7 Å². The molecular formula is C19H19N5OS2. The van der Waals surface area contributed by atoms with E-state index in [0.717, 1.165) is 27.7 Å². The first-order valence-electron chi connectivity index (χ1n) is 8.58. The molecule has 27 heavy (non-hydrogen) atoms. The van der Waals surface area contributed by atoms with Crippen LogP contribution >= 0.6 is 23.1 Å². The van der Waals surface area contributed by atoms with Crippen LogP contribution in [0.1, 0.15) is 28.5 Å². The number of thiophene rings is 1. The molecule has 0 radical (unpaired) electrons. The Morgan fingerprint density at radius 1 is 1.30 bits per heavy atom. The number of hydrogen-bond acceptors (Lipinski definition) is 6. The van der Waals surface area contributed by atoms with E-state index >= 15 is 0 Å². The van der Waals surface area contributed by atoms with Crippen molar-refractivity contribution in [2.75, 3.05) is 5.75 Å². The fourth-order valence-electron chi connectivity index (χ4n) is 2.98. The molecule has 1 atom stereocenters. The van der Waals surface area contributed by atoms with Gasteiger partial charge in [-0.15, -0.1) is 21.5 Å². The number of rotatable bonds is 5. The number of hydrogen-bond donors (Lipinski definition) is 0. The summed E-state index contributed by atoms with van der Waals surface area (Å²) in [5.41, 5.74) is 3.27. The van der Waals surface area contributed by atoms with Crippen LogP contribution in [0.25, 0.3) is 0 Å². The maximum Gasteiger partial charge on any atom is 0.253 e. The van der Waals surface area contributed by atoms with Crippen LogP contribution in [0.2, 0.25) is 0 Å². The molecule has 1 aliphatic rings. The maximum atomic E-state index is 13.0. The van der Waals surface area contributed by atoms with Crippen molar-refractivity contribution in [3.05, 3.63) is 64.1 Å². The zero-order valence-electron chi connectivity index (χ0n) is 15.1. The van der Waals surface area contributed by atoms with Crippen LogP contribution < -0.4 is 0 Å². The van der Waals surface area contributed by atoms with Gasteiger partial charge < -0.3 is 4.57 Å². The molecular weight excluding hydrogens is 378 g/mol. The lowest BCUT2D eigenvalue weighted by atomic mass is 10.00. The van der Waals surface area contributed by atoms with Crippen LogP contribution in [-0.4, -0.2) is 37.1 Å². The van der Waals surface area contributed by atoms with Gasteiger partial charge in [-0.1, -0.05) is 47.7 Å². The number of aryl methyl sites for hydroxylation is 2. The van der Waals surface area contributed by atoms with E-state index in [2.05, 4.69) is 52.6 Å². The molecule has 8 heteroatoms. The summed E-state index contributed by atoms with van der Waals surface area (Å²) in [4.78, 5) is 14.1. The second-order valence-corrected chi connectivity index (χ2v) is 8.30. The summed E-state index contributed by atoms with van der Waals surface area (Å²) < 4.78 is 1.81. The topological polar surface area (TPSA) is 63.4 Å². The minimum absolute atomic E-state index is 0.0277. The van der Waals surface area contributed by atoms with Gasteiger partial charge in [-0.05, 0) is 23.9 Å². The number of carbonyl (C=O) groups excluding carboxylic acids is 1. The molecule has 1 aliphatic heterocycles. The molecule has 6 nitrogen and oxygen atoms in total. The normalized spacial score (nSPS) is 16.6. The second-order valence-electron chi connectivity index (χ2n) is 6.41. The van der Waals surface area contributed by atoms with Crippen LogP contribution in [0, 0.1) is 6.92 Å². The number of aromatic nitrogens is 3. The molecule has 0 fully saturated rings. The van der Waals surface area contributed by atoms with Crippen molar-refractivity contribution in [1.29, 1.82) is 0 Å². The monoisotopic (exact) mass is 397 g/mol. The van der Waals surface area contributed by atoms with Gasteiger partial charge in [-0.3, -0.25) is 4.79 Å². The van der Waals surface area contributed by atoms with Crippen LogP contribution in [0.4, 0.5) is 0 Å². The Hall–Kier alpha value is -2.45. The minimum Gasteiger partial charge on any atom is -0.312 e. The zero-order valence-corrected chi connectivity index (χ0v) is 16.7. The fourth-order valence-corrected chi connectivity index (χ4v) is 4.44. The summed E-state index contributed by atoms with van der Waals surface area (Å²) in [5, 5.41) is 17.0. The average molecular weight is 398 g/mol. The lowest BCUT2D eigenvalue weighted by Gasteiger charge is -2.22. The molecule has 0 unspecified atom stereocenters. The molecule has 0 saturated heterocycles. The summed E-state index contributed by atoms with van der Waals surface area (Å²) in [7, 11) is 1.87. The quantitative estimate of drug-likeness (QED) is 0.617. The summed E-state index contributed by atoms with van der Waals surface area (Å²) in [6.07, 6.45) is 2.36. The molecule has 0 aliphatic carbocycles. The predicted molar refractivity (Wildman–Crippen MR) is 108 cm³/mol. The van der Waals surface area contributed by atoms with E-state index in [4.69, 9.17) is 0 Å². The van der Waals surface area contributed by atoms with Crippen LogP contribution in [-0.2, 0) is 11.8 Å². The van der Waals surface area contributed by atoms with Crippen molar-refractivity contribution in [2.45, 2.75) is 24.5 Å². The lowest BCUT2D eigenvalue weighted by molar-refractivity contribution is -0.130. The van der Waals surface area contributed by atoms with Crippen LogP contribution in [0.5, 0.6) is 0 Å². The van der Waals surface area contributed by atoms with Crippen molar-refractivity contribution in [1.82, 2.24) is 19.8 Å². The van der Waals surface area contributed by atoms with Gasteiger partial charge >= 0.3 is 0 Å². The van der Waals surface area contributed by atoms with Crippen LogP contribution in [0.3, 0.4) is 0 Å². The van der Waals surface area contributed by atoms with Crippen molar-refractivity contribution in [3.63, 3.8) is 0 Å². The zero-order chi connectivity index (χ0) is 18.8. The molecule has 2 aromatic heterocycles. The first kappa shape index (κ1) is 17.9. The van der Waals surface area contributed by atoms with Crippen molar-refractivity contribution in [3.8, 4) is 0 Å². The first-order valence-corrected chi connectivity index (χ1v) is 10.4. The molecule has 0 bridgehead atoms. The predicted octanol–water partition coefficient (Wildman–Crippen LogP) is 3.66. The number of nitrogens with zero attached hydrogens (tertiary/aromatic N) is 5.